The van der Waals surface area contributed by atoms with Crippen molar-refractivity contribution in [2.75, 3.05) is 0 Å². The lowest BCUT2D eigenvalue weighted by atomic mass is 9.97. The number of carbonyl (C=O) groups excluding carboxylic acids is 1. The second kappa shape index (κ2) is 8.25. The van der Waals surface area contributed by atoms with Crippen LogP contribution in [0.4, 0.5) is 4.79 Å². The molecule has 1 amide bonds. The molecule has 2 aromatic carbocycles. The van der Waals surface area contributed by atoms with Crippen molar-refractivity contribution in [3.8, 4) is 11.1 Å². The van der Waals surface area contributed by atoms with E-state index in [0.29, 0.717) is 0 Å². The number of nitrogens with one attached hydrogen (secondary N) is 1. The molecule has 0 saturated carbocycles. The van der Waals surface area contributed by atoms with Crippen LogP contribution in [-0.4, -0.2) is 28.8 Å². The molecule has 5 heteroatoms. The summed E-state index contributed by atoms with van der Waals surface area (Å²) in [5, 5.41) is 11.9. The van der Waals surface area contributed by atoms with E-state index in [9.17, 15) is 14.7 Å². The molecule has 0 aliphatic carbocycles. The van der Waals surface area contributed by atoms with Crippen molar-refractivity contribution in [2.45, 2.75) is 52.7 Å². The first-order valence-electron chi connectivity index (χ1n) is 8.94. The third kappa shape index (κ3) is 6.13. The maximum Gasteiger partial charge on any atom is 0.408 e. The second-order valence-electron chi connectivity index (χ2n) is 7.74. The van der Waals surface area contributed by atoms with E-state index in [4.69, 9.17) is 4.74 Å². The molecule has 0 fully saturated rings. The maximum absolute atomic E-state index is 11.9. The highest BCUT2D eigenvalue weighted by molar-refractivity contribution is 5.80. The van der Waals surface area contributed by atoms with Gasteiger partial charge < -0.3 is 15.2 Å². The fourth-order valence-electron chi connectivity index (χ4n) is 2.68. The summed E-state index contributed by atoms with van der Waals surface area (Å²) in [6, 6.07) is 12.9. The van der Waals surface area contributed by atoms with Gasteiger partial charge in [0.1, 0.15) is 11.6 Å². The molecule has 2 N–H and O–H groups in total. The Bertz CT molecular complexity index is 836. The van der Waals surface area contributed by atoms with E-state index in [0.717, 1.165) is 16.7 Å². The quantitative estimate of drug-likeness (QED) is 0.814. The van der Waals surface area contributed by atoms with Crippen molar-refractivity contribution in [1.29, 1.82) is 0 Å². The molecule has 0 aliphatic heterocycles. The molecular formula is C22H27NO4. The standard InChI is InChI=1S/C22H27NO4/c1-14-9-10-18(11-15(14)2)17-8-6-7-16(12-17)13-19(20(24)25)23-21(26)27-22(3,4)5/h6-12,19H,13H2,1-5H3,(H,23,26)(H,24,25). The number of hydrogen-bond acceptors (Lipinski definition) is 3. The number of aryl methyl sites for hydroxylation is 2. The van der Waals surface area contributed by atoms with Crippen LogP contribution in [0.3, 0.4) is 0 Å². The molecule has 0 aromatic heterocycles. The molecule has 0 bridgehead atoms. The zero-order valence-electron chi connectivity index (χ0n) is 16.5. The number of hydrogen-bond donors (Lipinski definition) is 2. The molecule has 1 atom stereocenters. The van der Waals surface area contributed by atoms with Crippen molar-refractivity contribution in [1.82, 2.24) is 5.32 Å². The lowest BCUT2D eigenvalue weighted by molar-refractivity contribution is -0.139. The van der Waals surface area contributed by atoms with Gasteiger partial charge in [0.15, 0.2) is 0 Å². The van der Waals surface area contributed by atoms with Crippen LogP contribution in [0.2, 0.25) is 0 Å². The summed E-state index contributed by atoms with van der Waals surface area (Å²) >= 11 is 0. The minimum atomic E-state index is -1.10. The van der Waals surface area contributed by atoms with E-state index >= 15 is 0 Å². The first-order valence-corrected chi connectivity index (χ1v) is 8.94. The van der Waals surface area contributed by atoms with Gasteiger partial charge in [-0.3, -0.25) is 0 Å². The Morgan fingerprint density at radius 2 is 1.70 bits per heavy atom. The average Bonchev–Trinajstić information content (AvgIpc) is 2.55. The molecule has 0 heterocycles. The molecule has 0 radical (unpaired) electrons. The van der Waals surface area contributed by atoms with Crippen LogP contribution >= 0.6 is 0 Å². The summed E-state index contributed by atoms with van der Waals surface area (Å²) in [4.78, 5) is 23.5. The molecule has 5 nitrogen and oxygen atoms in total. The van der Waals surface area contributed by atoms with Crippen molar-refractivity contribution in [3.63, 3.8) is 0 Å². The average molecular weight is 369 g/mol. The topological polar surface area (TPSA) is 75.6 Å². The number of alkyl carbamates (subject to hydrolysis) is 1. The number of carboxylic acids is 1. The smallest absolute Gasteiger partial charge is 0.408 e. The van der Waals surface area contributed by atoms with Crippen LogP contribution in [-0.2, 0) is 16.0 Å². The number of benzene rings is 2. The fourth-order valence-corrected chi connectivity index (χ4v) is 2.68. The van der Waals surface area contributed by atoms with E-state index in [1.54, 1.807) is 20.8 Å². The molecule has 0 aliphatic rings. The van der Waals surface area contributed by atoms with Gasteiger partial charge in [-0.15, -0.1) is 0 Å². The molecule has 0 saturated heterocycles. The van der Waals surface area contributed by atoms with Crippen LogP contribution in [0.25, 0.3) is 11.1 Å². The van der Waals surface area contributed by atoms with Gasteiger partial charge >= 0.3 is 12.1 Å². The Balaban J connectivity index is 2.18. The third-order valence-corrected chi connectivity index (χ3v) is 4.20. The molecule has 2 aromatic rings. The van der Waals surface area contributed by atoms with Gasteiger partial charge in [0.2, 0.25) is 0 Å². The van der Waals surface area contributed by atoms with E-state index in [2.05, 4.69) is 37.4 Å². The molecular weight excluding hydrogens is 342 g/mol. The largest absolute Gasteiger partial charge is 0.480 e. The second-order valence-corrected chi connectivity index (χ2v) is 7.74. The van der Waals surface area contributed by atoms with Crippen molar-refractivity contribution in [2.24, 2.45) is 0 Å². The normalized spacial score (nSPS) is 12.3. The van der Waals surface area contributed by atoms with Gasteiger partial charge in [-0.2, -0.15) is 0 Å². The Morgan fingerprint density at radius 3 is 2.30 bits per heavy atom. The SMILES string of the molecule is Cc1ccc(-c2cccc(CC(NC(=O)OC(C)(C)C)C(=O)O)c2)cc1C. The predicted octanol–water partition coefficient (Wildman–Crippen LogP) is 4.49. The summed E-state index contributed by atoms with van der Waals surface area (Å²) in [5.74, 6) is -1.10. The highest BCUT2D eigenvalue weighted by atomic mass is 16.6. The Hall–Kier alpha value is -2.82. The first-order chi connectivity index (χ1) is 12.5. The highest BCUT2D eigenvalue weighted by Gasteiger charge is 2.24. The molecule has 27 heavy (non-hydrogen) atoms. The number of carboxylic acid groups (broad SMARTS) is 1. The zero-order chi connectivity index (χ0) is 20.2. The highest BCUT2D eigenvalue weighted by Crippen LogP contribution is 2.23. The number of rotatable bonds is 5. The van der Waals surface area contributed by atoms with Gasteiger partial charge in [-0.25, -0.2) is 9.59 Å². The zero-order valence-corrected chi connectivity index (χ0v) is 16.5. The van der Waals surface area contributed by atoms with E-state index in [1.165, 1.54) is 11.1 Å². The van der Waals surface area contributed by atoms with Crippen molar-refractivity contribution >= 4 is 12.1 Å². The molecule has 2 rings (SSSR count). The van der Waals surface area contributed by atoms with Gasteiger partial charge in [0.25, 0.3) is 0 Å². The van der Waals surface area contributed by atoms with Crippen LogP contribution in [0.15, 0.2) is 42.5 Å². The van der Waals surface area contributed by atoms with Gasteiger partial charge in [-0.05, 0) is 62.4 Å². The lowest BCUT2D eigenvalue weighted by Gasteiger charge is -2.22. The molecule has 1 unspecified atom stereocenters. The van der Waals surface area contributed by atoms with Crippen LogP contribution < -0.4 is 5.32 Å². The Kier molecular flexibility index (Phi) is 6.26. The summed E-state index contributed by atoms with van der Waals surface area (Å²) in [7, 11) is 0. The minimum Gasteiger partial charge on any atom is -0.480 e. The van der Waals surface area contributed by atoms with E-state index in [1.807, 2.05) is 24.3 Å². The fraction of sp³-hybridized carbons (Fsp3) is 0.364. The van der Waals surface area contributed by atoms with E-state index < -0.39 is 23.7 Å². The first kappa shape index (κ1) is 20.5. The van der Waals surface area contributed by atoms with Crippen LogP contribution in [0.1, 0.15) is 37.5 Å². The number of ether oxygens (including phenoxy) is 1. The summed E-state index contributed by atoms with van der Waals surface area (Å²) in [6.45, 7) is 9.32. The van der Waals surface area contributed by atoms with Gasteiger partial charge in [-0.1, -0.05) is 42.5 Å². The predicted molar refractivity (Wildman–Crippen MR) is 106 cm³/mol. The van der Waals surface area contributed by atoms with Gasteiger partial charge in [0.05, 0.1) is 0 Å². The van der Waals surface area contributed by atoms with Crippen LogP contribution in [0, 0.1) is 13.8 Å². The monoisotopic (exact) mass is 369 g/mol. The van der Waals surface area contributed by atoms with E-state index in [-0.39, 0.29) is 6.42 Å². The Morgan fingerprint density at radius 1 is 1.04 bits per heavy atom. The maximum atomic E-state index is 11.9. The van der Waals surface area contributed by atoms with Gasteiger partial charge in [0, 0.05) is 6.42 Å². The number of aliphatic carboxylic acids is 1. The summed E-state index contributed by atoms with van der Waals surface area (Å²) < 4.78 is 5.16. The van der Waals surface area contributed by atoms with Crippen LogP contribution in [0.5, 0.6) is 0 Å². The number of carbonyl (C=O) groups is 2. The van der Waals surface area contributed by atoms with Crippen molar-refractivity contribution < 1.29 is 19.4 Å². The third-order valence-electron chi connectivity index (χ3n) is 4.20. The molecule has 0 spiro atoms. The minimum absolute atomic E-state index is 0.174. The summed E-state index contributed by atoms with van der Waals surface area (Å²) in [5.41, 5.74) is 4.66. The number of amides is 1. The summed E-state index contributed by atoms with van der Waals surface area (Å²) in [6.07, 6.45) is -0.562. The lowest BCUT2D eigenvalue weighted by Crippen LogP contribution is -2.44. The molecule has 144 valence electrons. The van der Waals surface area contributed by atoms with Crippen molar-refractivity contribution in [3.05, 3.63) is 59.2 Å². The Labute approximate surface area is 160 Å².